The molecular weight excluding hydrogens is 118 g/mol. The van der Waals surface area contributed by atoms with E-state index >= 15 is 0 Å². The minimum absolute atomic E-state index is 0. The molecule has 0 aliphatic heterocycles. The van der Waals surface area contributed by atoms with Gasteiger partial charge in [0.25, 0.3) is 0 Å². The summed E-state index contributed by atoms with van der Waals surface area (Å²) in [5, 5.41) is 0. The molecule has 0 bridgehead atoms. The standard InChI is InChI=1S/K.H3O3P.H/c;1-4(2)3;/h;1-3H;/q+1;;-1. The first-order valence-corrected chi connectivity index (χ1v) is 1.80. The Labute approximate surface area is 74.9 Å². The van der Waals surface area contributed by atoms with Gasteiger partial charge < -0.3 is 16.1 Å². The summed E-state index contributed by atoms with van der Waals surface area (Å²) in [7, 11) is -2.62. The molecule has 3 N–H and O–H groups in total. The van der Waals surface area contributed by atoms with Gasteiger partial charge in [0.15, 0.2) is 0 Å². The molecule has 0 spiro atoms. The Morgan fingerprint density at radius 1 is 1.20 bits per heavy atom. The van der Waals surface area contributed by atoms with Crippen LogP contribution in [0.5, 0.6) is 0 Å². The van der Waals surface area contributed by atoms with Crippen molar-refractivity contribution < 1.29 is 67.5 Å². The van der Waals surface area contributed by atoms with E-state index in [0.717, 1.165) is 0 Å². The Hall–Kier alpha value is 1.95. The van der Waals surface area contributed by atoms with Crippen molar-refractivity contribution in [3.8, 4) is 0 Å². The first kappa shape index (κ1) is 10.0. The molecule has 0 aliphatic carbocycles. The van der Waals surface area contributed by atoms with Crippen LogP contribution in [-0.4, -0.2) is 14.7 Å². The van der Waals surface area contributed by atoms with Gasteiger partial charge >= 0.3 is 60.0 Å². The second kappa shape index (κ2) is 5.95. The summed E-state index contributed by atoms with van der Waals surface area (Å²) in [6, 6.07) is 0. The van der Waals surface area contributed by atoms with Gasteiger partial charge in [0.1, 0.15) is 0 Å². The maximum Gasteiger partial charge on any atom is 1.00 e. The minimum Gasteiger partial charge on any atom is -1.00 e. The first-order valence-electron chi connectivity index (χ1n) is 0.600. The van der Waals surface area contributed by atoms with E-state index in [1.807, 2.05) is 0 Å². The van der Waals surface area contributed by atoms with E-state index in [0.29, 0.717) is 0 Å². The predicted octanol–water partition coefficient (Wildman–Crippen LogP) is -3.69. The molecule has 0 aromatic rings. The van der Waals surface area contributed by atoms with E-state index in [1.165, 1.54) is 0 Å². The fraction of sp³-hybridized carbons (Fsp3) is 0. The van der Waals surface area contributed by atoms with Gasteiger partial charge in [-0.05, 0) is 0 Å². The molecular formula is H4KO3P. The van der Waals surface area contributed by atoms with Crippen LogP contribution in [0.25, 0.3) is 0 Å². The van der Waals surface area contributed by atoms with Crippen LogP contribution in [0, 0.1) is 0 Å². The predicted molar refractivity (Wildman–Crippen MR) is 14.7 cm³/mol. The second-order valence-electron chi connectivity index (χ2n) is 0.268. The number of hydrogen-bond donors (Lipinski definition) is 3. The topological polar surface area (TPSA) is 60.7 Å². The van der Waals surface area contributed by atoms with Gasteiger partial charge in [0.05, 0.1) is 0 Å². The van der Waals surface area contributed by atoms with Crippen LogP contribution >= 0.6 is 8.60 Å². The third kappa shape index (κ3) is 24.4. The molecule has 28 valence electrons. The SMILES string of the molecule is OP(O)O.[H-].[K+]. The largest absolute Gasteiger partial charge is 1.00 e. The average molecular weight is 122 g/mol. The molecule has 0 rings (SSSR count). The zero-order chi connectivity index (χ0) is 3.58. The molecule has 5 heteroatoms. The van der Waals surface area contributed by atoms with Gasteiger partial charge in [-0.15, -0.1) is 0 Å². The first-order chi connectivity index (χ1) is 1.73. The summed E-state index contributed by atoms with van der Waals surface area (Å²) in [6.07, 6.45) is 0. The van der Waals surface area contributed by atoms with Crippen LogP contribution in [-0.2, 0) is 0 Å². The molecule has 5 heavy (non-hydrogen) atoms. The average Bonchev–Trinajstić information content (AvgIpc) is 0.811. The van der Waals surface area contributed by atoms with Crippen molar-refractivity contribution in [1.29, 1.82) is 0 Å². The fourth-order valence-electron chi connectivity index (χ4n) is 0. The van der Waals surface area contributed by atoms with Gasteiger partial charge in [-0.25, -0.2) is 0 Å². The van der Waals surface area contributed by atoms with Gasteiger partial charge in [0, 0.05) is 0 Å². The van der Waals surface area contributed by atoms with E-state index in [-0.39, 0.29) is 52.8 Å². The molecule has 0 unspecified atom stereocenters. The third-order valence-electron chi connectivity index (χ3n) is 0. The van der Waals surface area contributed by atoms with E-state index in [1.54, 1.807) is 0 Å². The molecule has 0 amide bonds. The van der Waals surface area contributed by atoms with Crippen molar-refractivity contribution in [2.24, 2.45) is 0 Å². The van der Waals surface area contributed by atoms with E-state index in [9.17, 15) is 0 Å². The van der Waals surface area contributed by atoms with E-state index < -0.39 is 8.60 Å². The Bertz CT molecular complexity index is 15.5. The van der Waals surface area contributed by atoms with Crippen LogP contribution in [0.4, 0.5) is 0 Å². The molecule has 0 saturated heterocycles. The summed E-state index contributed by atoms with van der Waals surface area (Å²) in [5.41, 5.74) is 0. The number of hydrogen-bond acceptors (Lipinski definition) is 3. The van der Waals surface area contributed by atoms with Crippen molar-refractivity contribution in [3.05, 3.63) is 0 Å². The zero-order valence-electron chi connectivity index (χ0n) is 3.79. The van der Waals surface area contributed by atoms with Crippen LogP contribution in [0.2, 0.25) is 0 Å². The summed E-state index contributed by atoms with van der Waals surface area (Å²) >= 11 is 0. The van der Waals surface area contributed by atoms with Crippen molar-refractivity contribution in [2.45, 2.75) is 0 Å². The Balaban J connectivity index is -0.0000000450. The van der Waals surface area contributed by atoms with Crippen LogP contribution in [0.1, 0.15) is 1.43 Å². The summed E-state index contributed by atoms with van der Waals surface area (Å²) in [5.74, 6) is 0. The van der Waals surface area contributed by atoms with Crippen LogP contribution in [0.15, 0.2) is 0 Å². The smallest absolute Gasteiger partial charge is 1.00 e. The molecule has 0 aromatic carbocycles. The Kier molecular flexibility index (Phi) is 11.9. The third-order valence-corrected chi connectivity index (χ3v) is 0. The molecule has 0 fully saturated rings. The molecule has 0 aromatic heterocycles. The van der Waals surface area contributed by atoms with Crippen molar-refractivity contribution >= 4 is 8.60 Å². The fourth-order valence-corrected chi connectivity index (χ4v) is 0. The van der Waals surface area contributed by atoms with Crippen LogP contribution < -0.4 is 51.4 Å². The Morgan fingerprint density at radius 3 is 1.20 bits per heavy atom. The van der Waals surface area contributed by atoms with Gasteiger partial charge in [-0.3, -0.25) is 0 Å². The molecule has 0 saturated carbocycles. The molecule has 3 nitrogen and oxygen atoms in total. The van der Waals surface area contributed by atoms with Gasteiger partial charge in [0.2, 0.25) is 0 Å². The maximum absolute atomic E-state index is 7.23. The minimum atomic E-state index is -2.62. The van der Waals surface area contributed by atoms with Crippen LogP contribution in [0.3, 0.4) is 0 Å². The van der Waals surface area contributed by atoms with Gasteiger partial charge in [-0.1, -0.05) is 0 Å². The summed E-state index contributed by atoms with van der Waals surface area (Å²) in [6.45, 7) is 0. The molecule has 0 aliphatic rings. The van der Waals surface area contributed by atoms with E-state index in [4.69, 9.17) is 14.7 Å². The monoisotopic (exact) mass is 122 g/mol. The maximum atomic E-state index is 7.23. The normalized spacial score (nSPS) is 7.20. The molecule has 0 atom stereocenters. The molecule has 0 heterocycles. The van der Waals surface area contributed by atoms with Crippen molar-refractivity contribution in [2.75, 3.05) is 0 Å². The quantitative estimate of drug-likeness (QED) is 0.229. The van der Waals surface area contributed by atoms with Crippen molar-refractivity contribution in [1.82, 2.24) is 0 Å². The zero-order valence-corrected chi connectivity index (χ0v) is 6.81. The molecule has 0 radical (unpaired) electrons. The van der Waals surface area contributed by atoms with E-state index in [2.05, 4.69) is 0 Å². The summed E-state index contributed by atoms with van der Waals surface area (Å²) < 4.78 is 0. The number of rotatable bonds is 0. The van der Waals surface area contributed by atoms with Crippen molar-refractivity contribution in [3.63, 3.8) is 0 Å². The Morgan fingerprint density at radius 2 is 1.20 bits per heavy atom. The summed E-state index contributed by atoms with van der Waals surface area (Å²) in [4.78, 5) is 21.7. The van der Waals surface area contributed by atoms with Gasteiger partial charge in [-0.2, -0.15) is 0 Å². The second-order valence-corrected chi connectivity index (χ2v) is 0.805.